The van der Waals surface area contributed by atoms with Gasteiger partial charge in [-0.05, 0) is 146 Å². The maximum Gasteiger partial charge on any atom is 0.0540 e. The molecule has 0 radical (unpaired) electrons. The first-order chi connectivity index (χ1) is 28.4. The van der Waals surface area contributed by atoms with Gasteiger partial charge in [-0.3, -0.25) is 0 Å². The highest BCUT2D eigenvalue weighted by Gasteiger charge is 2.39. The number of anilines is 3. The Hall–Kier alpha value is -4.88. The summed E-state index contributed by atoms with van der Waals surface area (Å²) in [5.41, 5.74) is 21.8. The monoisotopic (exact) mass is 773 g/mol. The predicted octanol–water partition coefficient (Wildman–Crippen LogP) is 16.8. The largest absolute Gasteiger partial charge is 0.310 e. The van der Waals surface area contributed by atoms with E-state index in [0.29, 0.717) is 11.8 Å². The molecule has 300 valence electrons. The fraction of sp³-hybridized carbons (Fsp3) is 0.379. The van der Waals surface area contributed by atoms with Crippen LogP contribution < -0.4 is 4.90 Å². The summed E-state index contributed by atoms with van der Waals surface area (Å²) < 4.78 is 0. The van der Waals surface area contributed by atoms with Crippen molar-refractivity contribution in [1.82, 2.24) is 0 Å². The molecule has 6 aromatic rings. The summed E-state index contributed by atoms with van der Waals surface area (Å²) in [6.45, 7) is 16.7. The van der Waals surface area contributed by atoms with Gasteiger partial charge in [-0.15, -0.1) is 0 Å². The summed E-state index contributed by atoms with van der Waals surface area (Å²) in [5.74, 6) is 1.32. The maximum absolute atomic E-state index is 2.61. The first-order valence-corrected chi connectivity index (χ1v) is 23.0. The van der Waals surface area contributed by atoms with Crippen LogP contribution in [0.15, 0.2) is 121 Å². The zero-order valence-corrected chi connectivity index (χ0v) is 36.7. The Morgan fingerprint density at radius 3 is 1.53 bits per heavy atom. The number of hydrogen-bond donors (Lipinski definition) is 0. The van der Waals surface area contributed by atoms with Gasteiger partial charge >= 0.3 is 0 Å². The van der Waals surface area contributed by atoms with Crippen molar-refractivity contribution in [2.24, 2.45) is 0 Å². The van der Waals surface area contributed by atoms with Crippen molar-refractivity contribution in [2.45, 2.75) is 141 Å². The van der Waals surface area contributed by atoms with Gasteiger partial charge in [0.25, 0.3) is 0 Å². The molecule has 0 aliphatic heterocycles. The molecule has 0 unspecified atom stereocenters. The topological polar surface area (TPSA) is 3.24 Å². The third kappa shape index (κ3) is 6.50. The summed E-state index contributed by atoms with van der Waals surface area (Å²) >= 11 is 0. The Balaban J connectivity index is 1.16. The van der Waals surface area contributed by atoms with Crippen LogP contribution in [-0.2, 0) is 16.2 Å². The third-order valence-electron chi connectivity index (χ3n) is 15.2. The van der Waals surface area contributed by atoms with Crippen LogP contribution in [0.3, 0.4) is 0 Å². The van der Waals surface area contributed by atoms with Crippen LogP contribution in [0.1, 0.15) is 163 Å². The zero-order chi connectivity index (χ0) is 40.7. The van der Waals surface area contributed by atoms with Gasteiger partial charge in [0.1, 0.15) is 0 Å². The van der Waals surface area contributed by atoms with Crippen LogP contribution in [0.2, 0.25) is 0 Å². The fourth-order valence-corrected chi connectivity index (χ4v) is 11.6. The van der Waals surface area contributed by atoms with E-state index in [1.165, 1.54) is 154 Å². The lowest BCUT2D eigenvalue weighted by molar-refractivity contribution is 0.443. The van der Waals surface area contributed by atoms with Crippen molar-refractivity contribution < 1.29 is 0 Å². The summed E-state index contributed by atoms with van der Waals surface area (Å²) in [6, 6.07) is 48.3. The highest BCUT2D eigenvalue weighted by molar-refractivity contribution is 5.92. The molecule has 0 heterocycles. The van der Waals surface area contributed by atoms with E-state index in [0.717, 1.165) is 0 Å². The van der Waals surface area contributed by atoms with Crippen LogP contribution >= 0.6 is 0 Å². The second-order valence-corrected chi connectivity index (χ2v) is 20.7. The Kier molecular flexibility index (Phi) is 9.35. The molecule has 59 heavy (non-hydrogen) atoms. The number of hydrogen-bond acceptors (Lipinski definition) is 1. The molecule has 2 saturated carbocycles. The van der Waals surface area contributed by atoms with Gasteiger partial charge in [-0.1, -0.05) is 172 Å². The minimum atomic E-state index is -0.127. The molecule has 0 spiro atoms. The minimum absolute atomic E-state index is 0.0947. The van der Waals surface area contributed by atoms with Gasteiger partial charge in [-0.25, -0.2) is 0 Å². The van der Waals surface area contributed by atoms with Gasteiger partial charge in [-0.2, -0.15) is 0 Å². The van der Waals surface area contributed by atoms with Crippen LogP contribution in [0.4, 0.5) is 17.1 Å². The van der Waals surface area contributed by atoms with Gasteiger partial charge in [0.2, 0.25) is 0 Å². The van der Waals surface area contributed by atoms with E-state index in [9.17, 15) is 0 Å². The van der Waals surface area contributed by atoms with E-state index in [2.05, 4.69) is 175 Å². The number of fused-ring (bicyclic) bond motifs is 6. The van der Waals surface area contributed by atoms with E-state index in [4.69, 9.17) is 0 Å². The van der Waals surface area contributed by atoms with E-state index in [1.807, 2.05) is 0 Å². The highest BCUT2D eigenvalue weighted by atomic mass is 15.1. The Bertz CT molecular complexity index is 2540. The molecule has 4 aliphatic carbocycles. The number of nitrogens with zero attached hydrogens (tertiary/aromatic N) is 1. The SMILES string of the molecule is CC(C)(C)c1ccc2c(c1)C(C)(C)c1cc(N(c3ccc4c(c3)C(C)(C)c3ccccc3-4)c3ccc(C4CCCCC4)cc3-c3ccc(C4CCCCC4)cc3)ccc1-2. The van der Waals surface area contributed by atoms with Crippen molar-refractivity contribution in [1.29, 1.82) is 0 Å². The first kappa shape index (κ1) is 38.3. The summed E-state index contributed by atoms with van der Waals surface area (Å²) in [6.07, 6.45) is 13.4. The minimum Gasteiger partial charge on any atom is -0.310 e. The van der Waals surface area contributed by atoms with Crippen LogP contribution in [0.25, 0.3) is 33.4 Å². The van der Waals surface area contributed by atoms with E-state index in [1.54, 1.807) is 0 Å². The number of benzene rings is 6. The van der Waals surface area contributed by atoms with E-state index in [-0.39, 0.29) is 16.2 Å². The zero-order valence-electron chi connectivity index (χ0n) is 36.7. The summed E-state index contributed by atoms with van der Waals surface area (Å²) in [4.78, 5) is 2.61. The third-order valence-corrected chi connectivity index (χ3v) is 15.2. The lowest BCUT2D eigenvalue weighted by Crippen LogP contribution is -2.19. The first-order valence-electron chi connectivity index (χ1n) is 23.0. The van der Waals surface area contributed by atoms with Crippen molar-refractivity contribution in [2.75, 3.05) is 4.90 Å². The summed E-state index contributed by atoms with van der Waals surface area (Å²) in [5, 5.41) is 0. The molecular formula is C58H63N. The Labute approximate surface area is 354 Å². The Morgan fingerprint density at radius 2 is 0.932 bits per heavy atom. The van der Waals surface area contributed by atoms with Crippen LogP contribution in [-0.4, -0.2) is 0 Å². The molecule has 10 rings (SSSR count). The lowest BCUT2D eigenvalue weighted by atomic mass is 9.79. The Morgan fingerprint density at radius 1 is 0.441 bits per heavy atom. The molecule has 6 aromatic carbocycles. The summed E-state index contributed by atoms with van der Waals surface area (Å²) in [7, 11) is 0. The molecule has 0 N–H and O–H groups in total. The van der Waals surface area contributed by atoms with Gasteiger partial charge < -0.3 is 4.90 Å². The highest BCUT2D eigenvalue weighted by Crippen LogP contribution is 2.54. The molecular weight excluding hydrogens is 711 g/mol. The maximum atomic E-state index is 2.61. The van der Waals surface area contributed by atoms with Gasteiger partial charge in [0, 0.05) is 27.8 Å². The number of rotatable bonds is 6. The van der Waals surface area contributed by atoms with Gasteiger partial charge in [0.05, 0.1) is 5.69 Å². The molecule has 0 saturated heterocycles. The van der Waals surface area contributed by atoms with E-state index >= 15 is 0 Å². The molecule has 0 bridgehead atoms. The molecule has 0 amide bonds. The predicted molar refractivity (Wildman–Crippen MR) is 252 cm³/mol. The molecule has 0 atom stereocenters. The smallest absolute Gasteiger partial charge is 0.0540 e. The quantitative estimate of drug-likeness (QED) is 0.163. The molecule has 1 nitrogen and oxygen atoms in total. The second kappa shape index (κ2) is 14.4. The molecule has 2 fully saturated rings. The fourth-order valence-electron chi connectivity index (χ4n) is 11.6. The van der Waals surface area contributed by atoms with E-state index < -0.39 is 0 Å². The van der Waals surface area contributed by atoms with Crippen molar-refractivity contribution >= 4 is 17.1 Å². The van der Waals surface area contributed by atoms with Crippen LogP contribution in [0, 0.1) is 0 Å². The molecule has 4 aliphatic rings. The second-order valence-electron chi connectivity index (χ2n) is 20.7. The molecule has 0 aromatic heterocycles. The van der Waals surface area contributed by atoms with Crippen molar-refractivity contribution in [3.8, 4) is 33.4 Å². The van der Waals surface area contributed by atoms with Gasteiger partial charge in [0.15, 0.2) is 0 Å². The lowest BCUT2D eigenvalue weighted by Gasteiger charge is -2.32. The normalized spacial score (nSPS) is 18.2. The van der Waals surface area contributed by atoms with Crippen molar-refractivity contribution in [3.63, 3.8) is 0 Å². The van der Waals surface area contributed by atoms with Crippen LogP contribution in [0.5, 0.6) is 0 Å². The standard InChI is InChI=1S/C58H63N/c1-56(2,3)43-27-30-47-49-32-29-45(37-54(49)58(6,7)52(47)35-43)59(44-28-31-48-46-20-14-15-21-51(46)57(4,5)53(48)36-44)55-33-26-42(39-18-12-9-13-19-39)34-50(55)41-24-22-40(23-25-41)38-16-10-8-11-17-38/h14-15,20-39H,8-13,16-19H2,1-7H3. The van der Waals surface area contributed by atoms with Crippen molar-refractivity contribution in [3.05, 3.63) is 160 Å². The average Bonchev–Trinajstić information content (AvgIpc) is 3.63. The molecule has 1 heteroatoms. The average molecular weight is 774 g/mol.